The van der Waals surface area contributed by atoms with Crippen molar-refractivity contribution in [2.75, 3.05) is 75.5 Å². The zero-order chi connectivity index (χ0) is 35.1. The van der Waals surface area contributed by atoms with Gasteiger partial charge in [-0.05, 0) is 38.9 Å². The summed E-state index contributed by atoms with van der Waals surface area (Å²) >= 11 is 1.57. The van der Waals surface area contributed by atoms with Crippen molar-refractivity contribution >= 4 is 44.9 Å². The molecule has 0 spiro atoms. The van der Waals surface area contributed by atoms with E-state index in [-0.39, 0.29) is 45.8 Å². The van der Waals surface area contributed by atoms with Gasteiger partial charge in [0.25, 0.3) is 11.8 Å². The fourth-order valence-electron chi connectivity index (χ4n) is 7.83. The Morgan fingerprint density at radius 3 is 2.22 bits per heavy atom. The standard InChI is InChI=1S/C36H38F2N8O4S/c1-19-16-44(7-6-39-19)29-25(37)14-21-27(33(29)49-3)46(20-4-5-20)18-24(31(21)47)36-41-40-35(50-36)23-17-45-12-13-51-34-28(45)22(32(23)48)15-26(38)30(34)43-10-8-42(2)9-11-43/h14-15,17-20,39H,4-13,16H2,1-3H3. The summed E-state index contributed by atoms with van der Waals surface area (Å²) in [5.74, 6) is -0.117. The number of halogens is 2. The normalized spacial score (nSPS) is 19.7. The molecule has 0 bridgehead atoms. The molecule has 2 saturated heterocycles. The van der Waals surface area contributed by atoms with Crippen LogP contribution in [-0.4, -0.2) is 96.0 Å². The monoisotopic (exact) mass is 716 g/mol. The molecule has 9 rings (SSSR count). The molecule has 1 atom stereocenters. The number of pyridine rings is 2. The Hall–Kier alpha value is -4.47. The molecule has 3 aliphatic heterocycles. The highest BCUT2D eigenvalue weighted by Crippen LogP contribution is 2.45. The Balaban J connectivity index is 1.15. The molecule has 1 saturated carbocycles. The van der Waals surface area contributed by atoms with E-state index in [9.17, 15) is 9.59 Å². The van der Waals surface area contributed by atoms with Crippen LogP contribution in [0.5, 0.6) is 5.75 Å². The third kappa shape index (κ3) is 5.30. The van der Waals surface area contributed by atoms with Gasteiger partial charge in [-0.25, -0.2) is 8.78 Å². The number of nitrogens with zero attached hydrogens (tertiary/aromatic N) is 7. The van der Waals surface area contributed by atoms with Crippen molar-refractivity contribution in [1.29, 1.82) is 0 Å². The lowest BCUT2D eigenvalue weighted by Crippen LogP contribution is -2.49. The van der Waals surface area contributed by atoms with Crippen molar-refractivity contribution in [2.45, 2.75) is 43.3 Å². The smallest absolute Gasteiger partial charge is 0.253 e. The maximum Gasteiger partial charge on any atom is 0.253 e. The molecular formula is C36H38F2N8O4S. The van der Waals surface area contributed by atoms with Gasteiger partial charge < -0.3 is 38.3 Å². The molecule has 0 amide bonds. The number of thioether (sulfide) groups is 1. The molecule has 1 N–H and O–H groups in total. The molecule has 1 unspecified atom stereocenters. The summed E-state index contributed by atoms with van der Waals surface area (Å²) in [4.78, 5) is 35.2. The first-order chi connectivity index (χ1) is 24.7. The number of aryl methyl sites for hydroxylation is 1. The molecule has 51 heavy (non-hydrogen) atoms. The van der Waals surface area contributed by atoms with Crippen LogP contribution in [0.2, 0.25) is 0 Å². The first kappa shape index (κ1) is 32.4. The van der Waals surface area contributed by atoms with Crippen molar-refractivity contribution in [3.05, 3.63) is 56.6 Å². The summed E-state index contributed by atoms with van der Waals surface area (Å²) in [7, 11) is 3.55. The van der Waals surface area contributed by atoms with Gasteiger partial charge in [0.05, 0.1) is 39.5 Å². The second-order valence-corrected chi connectivity index (χ2v) is 15.1. The van der Waals surface area contributed by atoms with E-state index in [0.29, 0.717) is 73.2 Å². The first-order valence-electron chi connectivity index (χ1n) is 17.5. The van der Waals surface area contributed by atoms with Crippen LogP contribution in [0.3, 0.4) is 0 Å². The number of hydrogen-bond acceptors (Lipinski definition) is 11. The fourth-order valence-corrected chi connectivity index (χ4v) is 9.04. The van der Waals surface area contributed by atoms with Crippen LogP contribution in [0.25, 0.3) is 44.7 Å². The minimum Gasteiger partial charge on any atom is -0.492 e. The molecule has 2 aromatic carbocycles. The Labute approximate surface area is 296 Å². The lowest BCUT2D eigenvalue weighted by atomic mass is 10.1. The van der Waals surface area contributed by atoms with Crippen molar-refractivity contribution in [1.82, 2.24) is 29.5 Å². The fraction of sp³-hybridized carbons (Fsp3) is 0.444. The van der Waals surface area contributed by atoms with Crippen molar-refractivity contribution < 1.29 is 17.9 Å². The quantitative estimate of drug-likeness (QED) is 0.271. The van der Waals surface area contributed by atoms with Gasteiger partial charge in [0, 0.05) is 82.6 Å². The van der Waals surface area contributed by atoms with Crippen LogP contribution >= 0.6 is 11.8 Å². The number of nitrogens with one attached hydrogen (secondary N) is 1. The Bertz CT molecular complexity index is 2350. The van der Waals surface area contributed by atoms with Crippen LogP contribution in [0.4, 0.5) is 20.2 Å². The van der Waals surface area contributed by atoms with Crippen molar-refractivity contribution in [3.8, 4) is 28.7 Å². The summed E-state index contributed by atoms with van der Waals surface area (Å²) < 4.78 is 47.8. The van der Waals surface area contributed by atoms with Gasteiger partial charge in [0.2, 0.25) is 10.9 Å². The van der Waals surface area contributed by atoms with Gasteiger partial charge in [0.15, 0.2) is 11.6 Å². The molecule has 0 radical (unpaired) electrons. The number of benzene rings is 2. The van der Waals surface area contributed by atoms with Crippen molar-refractivity contribution in [2.24, 2.45) is 0 Å². The largest absolute Gasteiger partial charge is 0.492 e. The number of aromatic nitrogens is 4. The summed E-state index contributed by atoms with van der Waals surface area (Å²) in [5, 5.41) is 12.2. The third-order valence-electron chi connectivity index (χ3n) is 10.6. The van der Waals surface area contributed by atoms with Gasteiger partial charge in [-0.1, -0.05) is 0 Å². The number of methoxy groups -OCH3 is 1. The lowest BCUT2D eigenvalue weighted by molar-refractivity contribution is 0.311. The number of likely N-dealkylation sites (N-methyl/N-ethyl adjacent to an activating group) is 1. The van der Waals surface area contributed by atoms with E-state index in [1.807, 2.05) is 21.0 Å². The SMILES string of the molecule is COc1c(N2CCNC(C)C2)c(F)cc2c(=O)c(-c3nnc(-c4cn5c6c(c(N7CCN(C)CC7)c(F)cc6c4=O)SCC5)o3)cn(C3CC3)c12. The van der Waals surface area contributed by atoms with Gasteiger partial charge in [0.1, 0.15) is 22.6 Å². The maximum atomic E-state index is 16.0. The highest BCUT2D eigenvalue weighted by atomic mass is 32.2. The number of anilines is 2. The van der Waals surface area contributed by atoms with Crippen LogP contribution in [-0.2, 0) is 6.54 Å². The van der Waals surface area contributed by atoms with E-state index in [0.717, 1.165) is 30.8 Å². The molecule has 266 valence electrons. The number of rotatable bonds is 6. The molecular weight excluding hydrogens is 679 g/mol. The highest BCUT2D eigenvalue weighted by molar-refractivity contribution is 7.99. The van der Waals surface area contributed by atoms with Crippen LogP contribution in [0.1, 0.15) is 25.8 Å². The van der Waals surface area contributed by atoms with E-state index in [1.54, 1.807) is 24.2 Å². The molecule has 4 aliphatic rings. The second-order valence-electron chi connectivity index (χ2n) is 14.0. The molecule has 15 heteroatoms. The van der Waals surface area contributed by atoms with E-state index in [1.165, 1.54) is 19.2 Å². The number of ether oxygens (including phenoxy) is 1. The topological polar surface area (TPSA) is 114 Å². The predicted molar refractivity (Wildman–Crippen MR) is 194 cm³/mol. The van der Waals surface area contributed by atoms with Gasteiger partial charge in [-0.15, -0.1) is 22.0 Å². The summed E-state index contributed by atoms with van der Waals surface area (Å²) in [6.07, 6.45) is 5.15. The van der Waals surface area contributed by atoms with Crippen LogP contribution < -0.4 is 30.7 Å². The van der Waals surface area contributed by atoms with Crippen LogP contribution in [0.15, 0.2) is 43.4 Å². The molecule has 3 aromatic heterocycles. The zero-order valence-electron chi connectivity index (χ0n) is 28.7. The lowest BCUT2D eigenvalue weighted by Gasteiger charge is -2.36. The maximum absolute atomic E-state index is 16.0. The third-order valence-corrected chi connectivity index (χ3v) is 11.6. The number of fused-ring (bicyclic) bond motifs is 1. The molecule has 1 aliphatic carbocycles. The van der Waals surface area contributed by atoms with Gasteiger partial charge in [-0.3, -0.25) is 9.59 Å². The average molecular weight is 717 g/mol. The number of piperazine rings is 2. The van der Waals surface area contributed by atoms with Crippen LogP contribution in [0, 0.1) is 11.6 Å². The second kappa shape index (κ2) is 12.3. The summed E-state index contributed by atoms with van der Waals surface area (Å²) in [6, 6.07) is 2.85. The molecule has 12 nitrogen and oxygen atoms in total. The van der Waals surface area contributed by atoms with Crippen molar-refractivity contribution in [3.63, 3.8) is 0 Å². The Morgan fingerprint density at radius 1 is 0.882 bits per heavy atom. The van der Waals surface area contributed by atoms with E-state index in [2.05, 4.69) is 32.4 Å². The molecule has 5 aromatic rings. The first-order valence-corrected chi connectivity index (χ1v) is 18.4. The van der Waals surface area contributed by atoms with E-state index in [4.69, 9.17) is 9.15 Å². The Morgan fingerprint density at radius 2 is 1.55 bits per heavy atom. The van der Waals surface area contributed by atoms with E-state index >= 15 is 8.78 Å². The summed E-state index contributed by atoms with van der Waals surface area (Å²) in [6.45, 7) is 7.60. The van der Waals surface area contributed by atoms with E-state index < -0.39 is 22.5 Å². The summed E-state index contributed by atoms with van der Waals surface area (Å²) in [5.41, 5.74) is 1.41. The minimum absolute atomic E-state index is 0.0756. The number of hydrogen-bond donors (Lipinski definition) is 1. The predicted octanol–water partition coefficient (Wildman–Crippen LogP) is 4.31. The van der Waals surface area contributed by atoms with Gasteiger partial charge >= 0.3 is 0 Å². The average Bonchev–Trinajstić information content (AvgIpc) is 3.86. The Kier molecular flexibility index (Phi) is 7.85. The molecule has 6 heterocycles. The van der Waals surface area contributed by atoms with Gasteiger partial charge in [-0.2, -0.15) is 0 Å². The minimum atomic E-state index is -0.546. The zero-order valence-corrected chi connectivity index (χ0v) is 29.5. The molecule has 3 fully saturated rings. The highest BCUT2D eigenvalue weighted by Gasteiger charge is 2.33.